The first-order chi connectivity index (χ1) is 13.4. The average Bonchev–Trinajstić information content (AvgIpc) is 3.11. The van der Waals surface area contributed by atoms with Crippen LogP contribution in [-0.2, 0) is 11.3 Å². The molecule has 2 aromatic heterocycles. The van der Waals surface area contributed by atoms with Crippen LogP contribution in [0.4, 0.5) is 0 Å². The van der Waals surface area contributed by atoms with Crippen LogP contribution in [0.2, 0.25) is 0 Å². The van der Waals surface area contributed by atoms with E-state index in [2.05, 4.69) is 31.0 Å². The Morgan fingerprint density at radius 2 is 2.04 bits per heavy atom. The lowest BCUT2D eigenvalue weighted by Crippen LogP contribution is -2.48. The van der Waals surface area contributed by atoms with E-state index < -0.39 is 0 Å². The summed E-state index contributed by atoms with van der Waals surface area (Å²) >= 11 is 0. The molecule has 3 heterocycles. The van der Waals surface area contributed by atoms with Crippen LogP contribution in [0, 0.1) is 6.92 Å². The zero-order chi connectivity index (χ0) is 19.7. The number of rotatable bonds is 4. The fourth-order valence-corrected chi connectivity index (χ4v) is 4.02. The molecule has 1 amide bonds. The van der Waals surface area contributed by atoms with Gasteiger partial charge >= 0.3 is 0 Å². The highest BCUT2D eigenvalue weighted by molar-refractivity contribution is 5.93. The zero-order valence-electron chi connectivity index (χ0n) is 16.8. The smallest absolute Gasteiger partial charge is 0.274 e. The first-order valence-electron chi connectivity index (χ1n) is 9.86. The van der Waals surface area contributed by atoms with Gasteiger partial charge in [0.05, 0.1) is 5.60 Å². The topological polar surface area (TPSA) is 46.8 Å². The van der Waals surface area contributed by atoms with Gasteiger partial charge in [0.1, 0.15) is 11.3 Å². The maximum atomic E-state index is 13.5. The van der Waals surface area contributed by atoms with Crippen LogP contribution in [-0.4, -0.2) is 38.4 Å². The van der Waals surface area contributed by atoms with Crippen LogP contribution in [0.1, 0.15) is 48.3 Å². The largest absolute Gasteiger partial charge is 0.375 e. The number of amides is 1. The van der Waals surface area contributed by atoms with Crippen LogP contribution < -0.4 is 0 Å². The van der Waals surface area contributed by atoms with Gasteiger partial charge in [-0.05, 0) is 50.8 Å². The van der Waals surface area contributed by atoms with Crippen molar-refractivity contribution in [1.29, 1.82) is 0 Å². The Bertz CT molecular complexity index is 978. The lowest BCUT2D eigenvalue weighted by atomic mass is 9.92. The monoisotopic (exact) mass is 377 g/mol. The summed E-state index contributed by atoms with van der Waals surface area (Å²) in [5, 5.41) is 0. The van der Waals surface area contributed by atoms with Gasteiger partial charge in [-0.1, -0.05) is 36.4 Å². The molecule has 0 N–H and O–H groups in total. The van der Waals surface area contributed by atoms with Gasteiger partial charge < -0.3 is 14.0 Å². The molecule has 146 valence electrons. The van der Waals surface area contributed by atoms with Crippen molar-refractivity contribution in [3.63, 3.8) is 0 Å². The molecule has 1 aromatic carbocycles. The number of hydrogen-bond acceptors (Lipinski definition) is 3. The maximum absolute atomic E-state index is 13.5. The lowest BCUT2D eigenvalue weighted by Gasteiger charge is -2.41. The number of benzene rings is 1. The van der Waals surface area contributed by atoms with Crippen LogP contribution >= 0.6 is 0 Å². The molecule has 0 saturated carbocycles. The van der Waals surface area contributed by atoms with Gasteiger partial charge in [0.2, 0.25) is 0 Å². The Balaban J connectivity index is 1.68. The van der Waals surface area contributed by atoms with Crippen LogP contribution in [0.25, 0.3) is 5.65 Å². The quantitative estimate of drug-likeness (QED) is 0.683. The molecule has 1 atom stereocenters. The van der Waals surface area contributed by atoms with E-state index in [1.54, 1.807) is 0 Å². The van der Waals surface area contributed by atoms with E-state index in [1.165, 1.54) is 0 Å². The number of aryl methyl sites for hydroxylation is 1. The molecule has 0 radical (unpaired) electrons. The van der Waals surface area contributed by atoms with Gasteiger partial charge in [-0.15, -0.1) is 0 Å². The van der Waals surface area contributed by atoms with Crippen molar-refractivity contribution in [2.45, 2.75) is 51.8 Å². The predicted octanol–water partition coefficient (Wildman–Crippen LogP) is 4.24. The number of carbonyl (C=O) groups is 1. The van der Waals surface area contributed by atoms with Crippen LogP contribution in [0.15, 0.2) is 54.9 Å². The number of imidazole rings is 1. The number of hydrogen-bond donors (Lipinski definition) is 0. The molecular weight excluding hydrogens is 350 g/mol. The van der Waals surface area contributed by atoms with Crippen molar-refractivity contribution in [3.8, 4) is 0 Å². The second-order valence-electron chi connectivity index (χ2n) is 8.22. The van der Waals surface area contributed by atoms with Crippen LogP contribution in [0.3, 0.4) is 0 Å². The summed E-state index contributed by atoms with van der Waals surface area (Å²) in [4.78, 5) is 20.2. The Labute approximate surface area is 166 Å². The van der Waals surface area contributed by atoms with Crippen molar-refractivity contribution >= 4 is 11.6 Å². The fourth-order valence-electron chi connectivity index (χ4n) is 4.02. The third-order valence-electron chi connectivity index (χ3n) is 5.47. The van der Waals surface area contributed by atoms with E-state index in [1.807, 2.05) is 58.9 Å². The fraction of sp³-hybridized carbons (Fsp3) is 0.391. The first-order valence-corrected chi connectivity index (χ1v) is 9.86. The number of pyridine rings is 1. The Morgan fingerprint density at radius 3 is 2.75 bits per heavy atom. The SMILES string of the molecule is Cc1cccn2cc(C(=O)N(Cc3ccccc3)[C@@H]3CCOC(C)(C)C3)nc12. The molecule has 1 fully saturated rings. The van der Waals surface area contributed by atoms with Gasteiger partial charge in [-0.3, -0.25) is 4.79 Å². The van der Waals surface area contributed by atoms with Crippen molar-refractivity contribution < 1.29 is 9.53 Å². The highest BCUT2D eigenvalue weighted by Crippen LogP contribution is 2.29. The average molecular weight is 377 g/mol. The number of carbonyl (C=O) groups excluding carboxylic acids is 1. The third-order valence-corrected chi connectivity index (χ3v) is 5.47. The van der Waals surface area contributed by atoms with Gasteiger partial charge in [-0.25, -0.2) is 4.98 Å². The van der Waals surface area contributed by atoms with Crippen molar-refractivity contribution in [2.24, 2.45) is 0 Å². The minimum Gasteiger partial charge on any atom is -0.375 e. The highest BCUT2D eigenvalue weighted by atomic mass is 16.5. The molecule has 1 aliphatic heterocycles. The molecule has 0 spiro atoms. The first kappa shape index (κ1) is 18.7. The molecule has 28 heavy (non-hydrogen) atoms. The summed E-state index contributed by atoms with van der Waals surface area (Å²) in [5.74, 6) is -0.0188. The van der Waals surface area contributed by atoms with E-state index in [4.69, 9.17) is 4.74 Å². The van der Waals surface area contributed by atoms with Gasteiger partial charge in [0, 0.05) is 31.6 Å². The van der Waals surface area contributed by atoms with E-state index in [0.29, 0.717) is 18.8 Å². The van der Waals surface area contributed by atoms with E-state index in [9.17, 15) is 4.79 Å². The minimum atomic E-state index is -0.229. The molecule has 0 unspecified atom stereocenters. The number of aromatic nitrogens is 2. The molecule has 4 rings (SSSR count). The molecular formula is C23H27N3O2. The lowest BCUT2D eigenvalue weighted by molar-refractivity contribution is -0.0792. The number of ether oxygens (including phenoxy) is 1. The van der Waals surface area contributed by atoms with Gasteiger partial charge in [-0.2, -0.15) is 0 Å². The molecule has 0 aliphatic carbocycles. The zero-order valence-corrected chi connectivity index (χ0v) is 16.8. The summed E-state index contributed by atoms with van der Waals surface area (Å²) < 4.78 is 7.82. The summed E-state index contributed by atoms with van der Waals surface area (Å²) in [5.41, 5.74) is 3.28. The number of fused-ring (bicyclic) bond motifs is 1. The van der Waals surface area contributed by atoms with Gasteiger partial charge in [0.15, 0.2) is 0 Å². The van der Waals surface area contributed by atoms with Crippen molar-refractivity contribution in [2.75, 3.05) is 6.61 Å². The Morgan fingerprint density at radius 1 is 1.25 bits per heavy atom. The number of nitrogens with zero attached hydrogens (tertiary/aromatic N) is 3. The molecule has 5 nitrogen and oxygen atoms in total. The second kappa shape index (κ2) is 7.40. The summed E-state index contributed by atoms with van der Waals surface area (Å²) in [6.45, 7) is 7.45. The van der Waals surface area contributed by atoms with Gasteiger partial charge in [0.25, 0.3) is 5.91 Å². The standard InChI is InChI=1S/C23H27N3O2/c1-17-8-7-12-25-16-20(24-21(17)25)22(27)26(15-18-9-5-4-6-10-18)19-11-13-28-23(2,3)14-19/h4-10,12,16,19H,11,13-15H2,1-3H3/t19-/m1/s1. The minimum absolute atomic E-state index is 0.0188. The molecule has 5 heteroatoms. The van der Waals surface area contributed by atoms with E-state index >= 15 is 0 Å². The second-order valence-corrected chi connectivity index (χ2v) is 8.22. The predicted molar refractivity (Wildman–Crippen MR) is 109 cm³/mol. The molecule has 3 aromatic rings. The molecule has 0 bridgehead atoms. The van der Waals surface area contributed by atoms with Crippen molar-refractivity contribution in [1.82, 2.24) is 14.3 Å². The summed E-state index contributed by atoms with van der Waals surface area (Å²) in [6.07, 6.45) is 5.44. The van der Waals surface area contributed by atoms with E-state index in [-0.39, 0.29) is 17.6 Å². The third kappa shape index (κ3) is 3.80. The maximum Gasteiger partial charge on any atom is 0.274 e. The Hall–Kier alpha value is -2.66. The highest BCUT2D eigenvalue weighted by Gasteiger charge is 2.35. The molecule has 1 saturated heterocycles. The summed E-state index contributed by atoms with van der Waals surface area (Å²) in [7, 11) is 0. The van der Waals surface area contributed by atoms with Crippen LogP contribution in [0.5, 0.6) is 0 Å². The Kier molecular flexibility index (Phi) is 4.94. The van der Waals surface area contributed by atoms with Crippen molar-refractivity contribution in [3.05, 3.63) is 71.7 Å². The van der Waals surface area contributed by atoms with E-state index in [0.717, 1.165) is 29.6 Å². The summed E-state index contributed by atoms with van der Waals surface area (Å²) in [6, 6.07) is 14.3. The normalized spacial score (nSPS) is 18.9. The molecule has 1 aliphatic rings.